The summed E-state index contributed by atoms with van der Waals surface area (Å²) in [5.41, 5.74) is -0.778. The molecule has 3 atom stereocenters. The Bertz CT molecular complexity index is 1420. The van der Waals surface area contributed by atoms with Gasteiger partial charge in [0.25, 0.3) is 0 Å². The fourth-order valence-corrected chi connectivity index (χ4v) is 5.08. The van der Waals surface area contributed by atoms with Gasteiger partial charge >= 0.3 is 6.18 Å². The molecule has 0 spiro atoms. The highest BCUT2D eigenvalue weighted by Gasteiger charge is 2.47. The van der Waals surface area contributed by atoms with Crippen molar-refractivity contribution in [2.24, 2.45) is 0 Å². The van der Waals surface area contributed by atoms with E-state index in [9.17, 15) is 40.3 Å². The number of halogens is 7. The lowest BCUT2D eigenvalue weighted by molar-refractivity contribution is -0.141. The van der Waals surface area contributed by atoms with Gasteiger partial charge in [-0.1, -0.05) is 36.4 Å². The van der Waals surface area contributed by atoms with Crippen molar-refractivity contribution in [1.29, 1.82) is 0 Å². The summed E-state index contributed by atoms with van der Waals surface area (Å²) in [4.78, 5) is 34.3. The predicted octanol–water partition coefficient (Wildman–Crippen LogP) is 5.13. The molecule has 1 aromatic carbocycles. The first-order valence-corrected chi connectivity index (χ1v) is 12.7. The van der Waals surface area contributed by atoms with Crippen LogP contribution in [-0.2, 0) is 22.2 Å². The Hall–Kier alpha value is -3.97. The van der Waals surface area contributed by atoms with Crippen molar-refractivity contribution in [1.82, 2.24) is 20.2 Å². The standard InChI is InChI=1S/C27H23F7N4O3/c28-16-8-19(38(12-16)22(39)9-21-36-20(13-41-21)27(32,33)34)25(40)37-23(14-4-2-1-3-5-14)18-7-6-17(24(29)35-18)15-10-26(30,31)11-15/h1-7,13,15-16,19,23H,8-12H2,(H,37,40)/t16-,19+,23+/m1/s1. The Balaban J connectivity index is 1.35. The third-order valence-corrected chi connectivity index (χ3v) is 7.16. The summed E-state index contributed by atoms with van der Waals surface area (Å²) < 4.78 is 99.2. The minimum atomic E-state index is -4.79. The van der Waals surface area contributed by atoms with Gasteiger partial charge in [-0.25, -0.2) is 23.1 Å². The van der Waals surface area contributed by atoms with Gasteiger partial charge in [0, 0.05) is 24.8 Å². The molecule has 2 aliphatic rings. The molecule has 7 nitrogen and oxygen atoms in total. The molecule has 0 radical (unpaired) electrons. The number of likely N-dealkylation sites (tertiary alicyclic amines) is 1. The van der Waals surface area contributed by atoms with Crippen LogP contribution < -0.4 is 5.32 Å². The number of alkyl halides is 6. The fourth-order valence-electron chi connectivity index (χ4n) is 5.08. The number of hydrogen-bond acceptors (Lipinski definition) is 5. The number of hydrogen-bond donors (Lipinski definition) is 1. The summed E-state index contributed by atoms with van der Waals surface area (Å²) in [7, 11) is 0. The lowest BCUT2D eigenvalue weighted by Gasteiger charge is -2.35. The van der Waals surface area contributed by atoms with Crippen LogP contribution >= 0.6 is 0 Å². The Morgan fingerprint density at radius 3 is 2.41 bits per heavy atom. The van der Waals surface area contributed by atoms with E-state index >= 15 is 0 Å². The van der Waals surface area contributed by atoms with Gasteiger partial charge in [0.1, 0.15) is 24.9 Å². The van der Waals surface area contributed by atoms with E-state index in [2.05, 4.69) is 15.3 Å². The van der Waals surface area contributed by atoms with E-state index in [1.54, 1.807) is 30.3 Å². The van der Waals surface area contributed by atoms with Gasteiger partial charge in [-0.2, -0.15) is 17.6 Å². The molecular formula is C27H23F7N4O3. The smallest absolute Gasteiger partial charge is 0.436 e. The number of carbonyl (C=O) groups excluding carboxylic acids is 2. The molecule has 2 aromatic heterocycles. The number of benzene rings is 1. The Kier molecular flexibility index (Phi) is 7.51. The second kappa shape index (κ2) is 10.8. The van der Waals surface area contributed by atoms with Crippen LogP contribution in [0, 0.1) is 5.95 Å². The average molecular weight is 584 g/mol. The second-order valence-electron chi connectivity index (χ2n) is 10.1. The van der Waals surface area contributed by atoms with Crippen molar-refractivity contribution in [2.75, 3.05) is 6.54 Å². The van der Waals surface area contributed by atoms with Crippen LogP contribution in [0.3, 0.4) is 0 Å². The maximum absolute atomic E-state index is 14.9. The van der Waals surface area contributed by atoms with Crippen LogP contribution in [0.15, 0.2) is 53.1 Å². The highest BCUT2D eigenvalue weighted by atomic mass is 19.4. The molecule has 14 heteroatoms. The van der Waals surface area contributed by atoms with Gasteiger partial charge in [0.15, 0.2) is 5.69 Å². The third-order valence-electron chi connectivity index (χ3n) is 7.16. The highest BCUT2D eigenvalue weighted by molar-refractivity contribution is 5.89. The molecule has 0 bridgehead atoms. The topological polar surface area (TPSA) is 88.3 Å². The van der Waals surface area contributed by atoms with Crippen molar-refractivity contribution < 1.29 is 44.7 Å². The highest BCUT2D eigenvalue weighted by Crippen LogP contribution is 2.48. The molecule has 0 unspecified atom stereocenters. The van der Waals surface area contributed by atoms with E-state index in [-0.39, 0.29) is 17.7 Å². The lowest BCUT2D eigenvalue weighted by Crippen LogP contribution is -2.47. The summed E-state index contributed by atoms with van der Waals surface area (Å²) in [5, 5.41) is 2.67. The van der Waals surface area contributed by atoms with Gasteiger partial charge in [-0.05, 0) is 17.5 Å². The van der Waals surface area contributed by atoms with Gasteiger partial charge < -0.3 is 14.6 Å². The maximum Gasteiger partial charge on any atom is 0.436 e. The zero-order valence-electron chi connectivity index (χ0n) is 21.2. The number of pyridine rings is 1. The minimum Gasteiger partial charge on any atom is -0.448 e. The zero-order chi connectivity index (χ0) is 29.5. The first kappa shape index (κ1) is 28.6. The normalized spacial score (nSPS) is 21.4. The van der Waals surface area contributed by atoms with Crippen LogP contribution in [0.1, 0.15) is 59.6 Å². The molecule has 218 valence electrons. The molecule has 2 fully saturated rings. The minimum absolute atomic E-state index is 0.0332. The van der Waals surface area contributed by atoms with Gasteiger partial charge in [-0.3, -0.25) is 9.59 Å². The maximum atomic E-state index is 14.9. The van der Waals surface area contributed by atoms with Gasteiger partial charge in [0.05, 0.1) is 18.3 Å². The van der Waals surface area contributed by atoms with Crippen molar-refractivity contribution in [3.63, 3.8) is 0 Å². The molecule has 1 aliphatic carbocycles. The van der Waals surface area contributed by atoms with Crippen molar-refractivity contribution in [2.45, 2.75) is 62.0 Å². The molecule has 2 amide bonds. The SMILES string of the molecule is O=C(N[C@@H](c1ccccc1)c1ccc(C2CC(F)(F)C2)c(F)n1)[C@@H]1C[C@@H](F)CN1C(=O)Cc1nc(C(F)(F)F)co1. The second-order valence-corrected chi connectivity index (χ2v) is 10.1. The van der Waals surface area contributed by atoms with E-state index < -0.39 is 91.4 Å². The summed E-state index contributed by atoms with van der Waals surface area (Å²) in [6.45, 7) is -0.479. The van der Waals surface area contributed by atoms with Crippen LogP contribution in [0.5, 0.6) is 0 Å². The van der Waals surface area contributed by atoms with E-state index in [1.807, 2.05) is 0 Å². The zero-order valence-corrected chi connectivity index (χ0v) is 21.2. The Labute approximate surface area is 228 Å². The fraction of sp³-hybridized carbons (Fsp3) is 0.407. The summed E-state index contributed by atoms with van der Waals surface area (Å²) in [6, 6.07) is 8.64. The largest absolute Gasteiger partial charge is 0.448 e. The first-order chi connectivity index (χ1) is 19.3. The molecule has 1 saturated heterocycles. The van der Waals surface area contributed by atoms with Crippen molar-refractivity contribution in [3.8, 4) is 0 Å². The molecule has 41 heavy (non-hydrogen) atoms. The Morgan fingerprint density at radius 2 is 1.80 bits per heavy atom. The van der Waals surface area contributed by atoms with Crippen LogP contribution in [0.2, 0.25) is 0 Å². The average Bonchev–Trinajstić information content (AvgIpc) is 3.53. The lowest BCUT2D eigenvalue weighted by atomic mass is 9.77. The quantitative estimate of drug-likeness (QED) is 0.308. The van der Waals surface area contributed by atoms with Crippen LogP contribution in [0.25, 0.3) is 0 Å². The number of nitrogens with zero attached hydrogens (tertiary/aromatic N) is 3. The van der Waals surface area contributed by atoms with Crippen molar-refractivity contribution >= 4 is 11.8 Å². The third kappa shape index (κ3) is 6.20. The van der Waals surface area contributed by atoms with Crippen LogP contribution in [-0.4, -0.2) is 51.4 Å². The van der Waals surface area contributed by atoms with E-state index in [0.717, 1.165) is 4.90 Å². The molecule has 1 aliphatic heterocycles. The number of nitrogens with one attached hydrogen (secondary N) is 1. The number of rotatable bonds is 7. The predicted molar refractivity (Wildman–Crippen MR) is 128 cm³/mol. The van der Waals surface area contributed by atoms with E-state index in [1.165, 1.54) is 12.1 Å². The molecule has 3 aromatic rings. The summed E-state index contributed by atoms with van der Waals surface area (Å²) in [6.07, 6.45) is -8.12. The molecule has 1 N–H and O–H groups in total. The number of aromatic nitrogens is 2. The van der Waals surface area contributed by atoms with Crippen molar-refractivity contribution in [3.05, 3.63) is 83.1 Å². The van der Waals surface area contributed by atoms with E-state index in [4.69, 9.17) is 4.42 Å². The van der Waals surface area contributed by atoms with Gasteiger partial charge in [-0.15, -0.1) is 0 Å². The number of oxazole rings is 1. The summed E-state index contributed by atoms with van der Waals surface area (Å²) in [5.74, 6) is -6.72. The monoisotopic (exact) mass is 584 g/mol. The molecular weight excluding hydrogens is 561 g/mol. The first-order valence-electron chi connectivity index (χ1n) is 12.7. The molecule has 3 heterocycles. The van der Waals surface area contributed by atoms with Gasteiger partial charge in [0.2, 0.25) is 29.6 Å². The molecule has 5 rings (SSSR count). The summed E-state index contributed by atoms with van der Waals surface area (Å²) >= 11 is 0. The number of carbonyl (C=O) groups is 2. The number of amides is 2. The molecule has 1 saturated carbocycles. The van der Waals surface area contributed by atoms with Crippen LogP contribution in [0.4, 0.5) is 30.7 Å². The Morgan fingerprint density at radius 1 is 1.10 bits per heavy atom. The van der Waals surface area contributed by atoms with E-state index in [0.29, 0.717) is 11.8 Å².